The molecule has 2 aromatic carbocycles. The van der Waals surface area contributed by atoms with Gasteiger partial charge in [0, 0.05) is 22.4 Å². The SMILES string of the molecule is C=C1C(=O)N(S(=O)(=O)c2ccc(C)cc2)[C@]2(c3ccc(Br)cc3)C=CC(=O)C[C@H]12. The van der Waals surface area contributed by atoms with Gasteiger partial charge in [-0.25, -0.2) is 12.7 Å². The van der Waals surface area contributed by atoms with Crippen LogP contribution in [0.4, 0.5) is 0 Å². The van der Waals surface area contributed by atoms with Crippen molar-refractivity contribution < 1.29 is 18.0 Å². The highest BCUT2D eigenvalue weighted by atomic mass is 79.9. The topological polar surface area (TPSA) is 71.5 Å². The van der Waals surface area contributed by atoms with Crippen LogP contribution in [0.25, 0.3) is 0 Å². The highest BCUT2D eigenvalue weighted by Gasteiger charge is 2.60. The molecule has 0 N–H and O–H groups in total. The monoisotopic (exact) mass is 471 g/mol. The number of amides is 1. The second-order valence-corrected chi connectivity index (χ2v) is 10.0. The van der Waals surface area contributed by atoms with Crippen LogP contribution in [-0.2, 0) is 25.2 Å². The lowest BCUT2D eigenvalue weighted by Gasteiger charge is -2.40. The minimum Gasteiger partial charge on any atom is -0.295 e. The summed E-state index contributed by atoms with van der Waals surface area (Å²) in [5, 5.41) is 0. The van der Waals surface area contributed by atoms with E-state index in [1.165, 1.54) is 24.3 Å². The number of nitrogens with zero attached hydrogens (tertiary/aromatic N) is 1. The molecule has 0 aromatic heterocycles. The van der Waals surface area contributed by atoms with Crippen LogP contribution in [0.15, 0.2) is 82.2 Å². The lowest BCUT2D eigenvalue weighted by Crippen LogP contribution is -2.49. The summed E-state index contributed by atoms with van der Waals surface area (Å²) < 4.78 is 29.0. The third kappa shape index (κ3) is 2.91. The molecule has 0 bridgehead atoms. The Bertz CT molecular complexity index is 1170. The first kappa shape index (κ1) is 19.8. The van der Waals surface area contributed by atoms with E-state index in [1.54, 1.807) is 36.4 Å². The van der Waals surface area contributed by atoms with Crippen molar-refractivity contribution >= 4 is 37.6 Å². The summed E-state index contributed by atoms with van der Waals surface area (Å²) in [6, 6.07) is 13.4. The minimum absolute atomic E-state index is 0.0201. The molecule has 7 heteroatoms. The number of aryl methyl sites for hydroxylation is 1. The van der Waals surface area contributed by atoms with Gasteiger partial charge in [0.25, 0.3) is 15.9 Å². The summed E-state index contributed by atoms with van der Waals surface area (Å²) in [4.78, 5) is 25.4. The molecule has 0 spiro atoms. The van der Waals surface area contributed by atoms with Crippen molar-refractivity contribution in [1.29, 1.82) is 0 Å². The van der Waals surface area contributed by atoms with Crippen molar-refractivity contribution in [2.24, 2.45) is 5.92 Å². The summed E-state index contributed by atoms with van der Waals surface area (Å²) in [5.74, 6) is -1.50. The smallest absolute Gasteiger partial charge is 0.267 e. The molecule has 1 fully saturated rings. The van der Waals surface area contributed by atoms with Crippen molar-refractivity contribution in [3.05, 3.63) is 88.4 Å². The van der Waals surface area contributed by atoms with E-state index in [9.17, 15) is 18.0 Å². The summed E-state index contributed by atoms with van der Waals surface area (Å²) in [7, 11) is -4.19. The maximum absolute atomic E-state index is 13.6. The standard InChI is InChI=1S/C22H18BrNO4S/c1-14-3-9-19(10-4-14)29(27,28)24-21(26)15(2)20-13-18(25)11-12-22(20,24)16-5-7-17(23)8-6-16/h3-12,20H,2,13H2,1H3/t20-,22+/m1/s1. The Balaban J connectivity index is 2.00. The van der Waals surface area contributed by atoms with Crippen LogP contribution in [0.2, 0.25) is 0 Å². The quantitative estimate of drug-likeness (QED) is 0.636. The number of fused-ring (bicyclic) bond motifs is 1. The minimum atomic E-state index is -4.19. The molecule has 5 nitrogen and oxygen atoms in total. The maximum atomic E-state index is 13.6. The highest BCUT2D eigenvalue weighted by Crippen LogP contribution is 2.53. The van der Waals surface area contributed by atoms with Crippen molar-refractivity contribution in [2.45, 2.75) is 23.8 Å². The van der Waals surface area contributed by atoms with Crippen molar-refractivity contribution in [3.63, 3.8) is 0 Å². The normalized spacial score (nSPS) is 24.1. The van der Waals surface area contributed by atoms with Crippen LogP contribution < -0.4 is 0 Å². The van der Waals surface area contributed by atoms with E-state index in [0.717, 1.165) is 14.3 Å². The van der Waals surface area contributed by atoms with Crippen molar-refractivity contribution in [1.82, 2.24) is 4.31 Å². The van der Waals surface area contributed by atoms with Crippen LogP contribution in [0.5, 0.6) is 0 Å². The highest BCUT2D eigenvalue weighted by molar-refractivity contribution is 9.10. The second kappa shape index (κ2) is 6.78. The van der Waals surface area contributed by atoms with Gasteiger partial charge in [-0.2, -0.15) is 0 Å². The van der Waals surface area contributed by atoms with Crippen LogP contribution in [0.1, 0.15) is 17.5 Å². The van der Waals surface area contributed by atoms with Gasteiger partial charge in [-0.3, -0.25) is 9.59 Å². The molecule has 0 saturated carbocycles. The molecule has 1 aliphatic carbocycles. The van der Waals surface area contributed by atoms with Crippen LogP contribution in [-0.4, -0.2) is 24.4 Å². The van der Waals surface area contributed by atoms with E-state index < -0.39 is 27.4 Å². The van der Waals surface area contributed by atoms with Gasteiger partial charge in [0.1, 0.15) is 5.54 Å². The molecule has 29 heavy (non-hydrogen) atoms. The van der Waals surface area contributed by atoms with Gasteiger partial charge in [0.15, 0.2) is 5.78 Å². The van der Waals surface area contributed by atoms with E-state index in [4.69, 9.17) is 0 Å². The zero-order chi connectivity index (χ0) is 21.0. The Morgan fingerprint density at radius 2 is 1.69 bits per heavy atom. The fourth-order valence-corrected chi connectivity index (χ4v) is 6.04. The fourth-order valence-electron chi connectivity index (χ4n) is 4.06. The number of carbonyl (C=O) groups excluding carboxylic acids is 2. The largest absolute Gasteiger partial charge is 0.295 e. The van der Waals surface area contributed by atoms with E-state index in [-0.39, 0.29) is 22.7 Å². The number of halogens is 1. The number of sulfonamides is 1. The van der Waals surface area contributed by atoms with E-state index >= 15 is 0 Å². The third-order valence-corrected chi connectivity index (χ3v) is 7.89. The van der Waals surface area contributed by atoms with Gasteiger partial charge in [-0.15, -0.1) is 0 Å². The number of benzene rings is 2. The molecular weight excluding hydrogens is 454 g/mol. The number of hydrogen-bond acceptors (Lipinski definition) is 4. The summed E-state index contributed by atoms with van der Waals surface area (Å²) >= 11 is 3.38. The Hall–Kier alpha value is -2.51. The Labute approximate surface area is 177 Å². The Morgan fingerprint density at radius 3 is 2.31 bits per heavy atom. The first-order valence-corrected chi connectivity index (χ1v) is 11.2. The first-order valence-electron chi connectivity index (χ1n) is 9.01. The van der Waals surface area contributed by atoms with E-state index in [2.05, 4.69) is 22.5 Å². The average Bonchev–Trinajstić information content (AvgIpc) is 2.91. The van der Waals surface area contributed by atoms with E-state index in [1.807, 2.05) is 6.92 Å². The molecule has 1 aliphatic heterocycles. The maximum Gasteiger partial charge on any atom is 0.267 e. The molecule has 1 amide bonds. The number of rotatable bonds is 3. The van der Waals surface area contributed by atoms with Gasteiger partial charge in [-0.1, -0.05) is 52.3 Å². The molecule has 0 radical (unpaired) electrons. The van der Waals surface area contributed by atoms with Gasteiger partial charge < -0.3 is 0 Å². The van der Waals surface area contributed by atoms with Crippen molar-refractivity contribution in [2.75, 3.05) is 0 Å². The van der Waals surface area contributed by atoms with Gasteiger partial charge in [0.2, 0.25) is 0 Å². The lowest BCUT2D eigenvalue weighted by molar-refractivity contribution is -0.123. The molecule has 1 saturated heterocycles. The predicted molar refractivity (Wildman–Crippen MR) is 112 cm³/mol. The third-order valence-electron chi connectivity index (χ3n) is 5.54. The fraction of sp³-hybridized carbons (Fsp3) is 0.182. The number of carbonyl (C=O) groups is 2. The number of allylic oxidation sites excluding steroid dienone is 1. The number of hydrogen-bond donors (Lipinski definition) is 0. The molecule has 148 valence electrons. The predicted octanol–water partition coefficient (Wildman–Crippen LogP) is 3.89. The second-order valence-electron chi connectivity index (χ2n) is 7.30. The lowest BCUT2D eigenvalue weighted by atomic mass is 9.72. The van der Waals surface area contributed by atoms with E-state index in [0.29, 0.717) is 5.56 Å². The van der Waals surface area contributed by atoms with Crippen LogP contribution in [0, 0.1) is 12.8 Å². The Kier molecular flexibility index (Phi) is 4.63. The molecule has 2 aliphatic rings. The Morgan fingerprint density at radius 1 is 1.07 bits per heavy atom. The summed E-state index contributed by atoms with van der Waals surface area (Å²) in [6.07, 6.45) is 2.92. The molecule has 2 aromatic rings. The molecule has 4 rings (SSSR count). The molecule has 1 heterocycles. The summed E-state index contributed by atoms with van der Waals surface area (Å²) in [5.41, 5.74) is 0.315. The molecule has 0 unspecified atom stereocenters. The van der Waals surface area contributed by atoms with Crippen molar-refractivity contribution in [3.8, 4) is 0 Å². The number of ketones is 1. The van der Waals surface area contributed by atoms with Crippen LogP contribution in [0.3, 0.4) is 0 Å². The van der Waals surface area contributed by atoms with Gasteiger partial charge >= 0.3 is 0 Å². The summed E-state index contributed by atoms with van der Waals surface area (Å²) in [6.45, 7) is 5.72. The zero-order valence-electron chi connectivity index (χ0n) is 15.6. The van der Waals surface area contributed by atoms with Gasteiger partial charge in [0.05, 0.1) is 4.90 Å². The molecule has 2 atom stereocenters. The van der Waals surface area contributed by atoms with Crippen LogP contribution >= 0.6 is 15.9 Å². The van der Waals surface area contributed by atoms with Gasteiger partial charge in [-0.05, 0) is 48.9 Å². The zero-order valence-corrected chi connectivity index (χ0v) is 18.0. The first-order chi connectivity index (χ1) is 13.7. The average molecular weight is 472 g/mol. The molecular formula is C22H18BrNO4S.